The summed E-state index contributed by atoms with van der Waals surface area (Å²) in [7, 11) is 4.10. The Hall–Kier alpha value is -2.13. The number of rotatable bonds is 6. The Morgan fingerprint density at radius 2 is 1.82 bits per heavy atom. The molecule has 2 rings (SSSR count). The lowest BCUT2D eigenvalue weighted by Crippen LogP contribution is -2.41. The molecule has 0 saturated carbocycles. The predicted octanol–water partition coefficient (Wildman–Crippen LogP) is 2.90. The minimum Gasteiger partial charge on any atom is -0.350 e. The number of likely N-dealkylation sites (N-methyl/N-ethyl adjacent to an activating group) is 1. The zero-order chi connectivity index (χ0) is 15.9. The molecule has 116 valence electrons. The van der Waals surface area contributed by atoms with Crippen molar-refractivity contribution in [2.45, 2.75) is 19.4 Å². The van der Waals surface area contributed by atoms with E-state index in [4.69, 9.17) is 0 Å². The molecule has 0 aliphatic rings. The lowest BCUT2D eigenvalue weighted by Gasteiger charge is -2.24. The lowest BCUT2D eigenvalue weighted by atomic mass is 10.0. The molecule has 0 saturated heterocycles. The van der Waals surface area contributed by atoms with Crippen molar-refractivity contribution in [2.24, 2.45) is 0 Å². The number of aryl methyl sites for hydroxylation is 1. The molecule has 1 amide bonds. The van der Waals surface area contributed by atoms with E-state index in [0.29, 0.717) is 6.54 Å². The van der Waals surface area contributed by atoms with Crippen LogP contribution in [0.15, 0.2) is 54.6 Å². The van der Waals surface area contributed by atoms with Crippen molar-refractivity contribution in [3.05, 3.63) is 71.3 Å². The van der Waals surface area contributed by atoms with E-state index in [0.717, 1.165) is 17.5 Å². The Morgan fingerprint density at radius 1 is 1.09 bits per heavy atom. The molecule has 0 aromatic heterocycles. The fraction of sp³-hybridized carbons (Fsp3) is 0.316. The molecule has 0 spiro atoms. The highest BCUT2D eigenvalue weighted by Gasteiger charge is 2.14. The van der Waals surface area contributed by atoms with Gasteiger partial charge in [-0.05, 0) is 45.1 Å². The van der Waals surface area contributed by atoms with Crippen molar-refractivity contribution >= 4 is 5.91 Å². The summed E-state index contributed by atoms with van der Waals surface area (Å²) in [5, 5.41) is 3.05. The highest BCUT2D eigenvalue weighted by atomic mass is 16.1. The summed E-state index contributed by atoms with van der Waals surface area (Å²) in [4.78, 5) is 14.4. The largest absolute Gasteiger partial charge is 0.350 e. The summed E-state index contributed by atoms with van der Waals surface area (Å²) in [6.45, 7) is 2.63. The van der Waals surface area contributed by atoms with E-state index in [1.165, 1.54) is 5.56 Å². The number of benzene rings is 2. The first kappa shape index (κ1) is 16.2. The topological polar surface area (TPSA) is 32.3 Å². The minimum atomic E-state index is -0.0105. The summed E-state index contributed by atoms with van der Waals surface area (Å²) in [6, 6.07) is 18.3. The summed E-state index contributed by atoms with van der Waals surface area (Å²) < 4.78 is 0. The van der Waals surface area contributed by atoms with Crippen molar-refractivity contribution in [3.63, 3.8) is 0 Å². The van der Waals surface area contributed by atoms with Gasteiger partial charge in [-0.15, -0.1) is 0 Å². The van der Waals surface area contributed by atoms with Crippen molar-refractivity contribution in [2.75, 3.05) is 20.6 Å². The molecule has 3 heteroatoms. The van der Waals surface area contributed by atoms with E-state index in [1.54, 1.807) is 0 Å². The second kappa shape index (κ2) is 7.76. The summed E-state index contributed by atoms with van der Waals surface area (Å²) in [6.07, 6.45) is 0.919. The molecule has 2 aromatic carbocycles. The maximum Gasteiger partial charge on any atom is 0.251 e. The number of carbonyl (C=O) groups is 1. The van der Waals surface area contributed by atoms with E-state index in [9.17, 15) is 4.79 Å². The first-order valence-electron chi connectivity index (χ1n) is 7.61. The molecule has 2 aromatic rings. The molecule has 1 N–H and O–H groups in total. The summed E-state index contributed by atoms with van der Waals surface area (Å²) >= 11 is 0. The zero-order valence-corrected chi connectivity index (χ0v) is 13.5. The number of nitrogens with one attached hydrogen (secondary N) is 1. The molecular weight excluding hydrogens is 272 g/mol. The number of carbonyl (C=O) groups excluding carboxylic acids is 1. The number of amides is 1. The van der Waals surface area contributed by atoms with Crippen molar-refractivity contribution in [3.8, 4) is 0 Å². The van der Waals surface area contributed by atoms with Crippen LogP contribution < -0.4 is 5.32 Å². The Labute approximate surface area is 133 Å². The third-order valence-corrected chi connectivity index (χ3v) is 3.82. The van der Waals surface area contributed by atoms with Crippen LogP contribution in [0.1, 0.15) is 21.5 Å². The van der Waals surface area contributed by atoms with Crippen LogP contribution in [-0.4, -0.2) is 37.5 Å². The fourth-order valence-electron chi connectivity index (χ4n) is 2.42. The Kier molecular flexibility index (Phi) is 5.73. The first-order chi connectivity index (χ1) is 10.6. The predicted molar refractivity (Wildman–Crippen MR) is 91.1 cm³/mol. The molecule has 0 bridgehead atoms. The fourth-order valence-corrected chi connectivity index (χ4v) is 2.42. The lowest BCUT2D eigenvalue weighted by molar-refractivity contribution is 0.0941. The van der Waals surface area contributed by atoms with Crippen LogP contribution in [0.25, 0.3) is 0 Å². The van der Waals surface area contributed by atoms with Crippen LogP contribution in [0.2, 0.25) is 0 Å². The highest BCUT2D eigenvalue weighted by molar-refractivity contribution is 5.94. The molecule has 1 unspecified atom stereocenters. The van der Waals surface area contributed by atoms with Gasteiger partial charge >= 0.3 is 0 Å². The molecule has 0 heterocycles. The average Bonchev–Trinajstić information content (AvgIpc) is 2.51. The smallest absolute Gasteiger partial charge is 0.251 e. The molecule has 1 atom stereocenters. The molecular formula is C19H24N2O. The van der Waals surface area contributed by atoms with Gasteiger partial charge in [0, 0.05) is 18.2 Å². The van der Waals surface area contributed by atoms with Gasteiger partial charge < -0.3 is 10.2 Å². The Bertz CT molecular complexity index is 608. The third-order valence-electron chi connectivity index (χ3n) is 3.82. The van der Waals surface area contributed by atoms with E-state index in [2.05, 4.69) is 22.3 Å². The van der Waals surface area contributed by atoms with Gasteiger partial charge in [0.05, 0.1) is 0 Å². The van der Waals surface area contributed by atoms with Gasteiger partial charge in [-0.25, -0.2) is 0 Å². The van der Waals surface area contributed by atoms with Gasteiger partial charge in [0.2, 0.25) is 0 Å². The molecule has 22 heavy (non-hydrogen) atoms. The minimum absolute atomic E-state index is 0.0105. The van der Waals surface area contributed by atoms with Crippen LogP contribution in [-0.2, 0) is 6.42 Å². The SMILES string of the molecule is Cc1cccc(C(=O)NCC(Cc2ccccc2)N(C)C)c1. The molecule has 0 radical (unpaired) electrons. The third kappa shape index (κ3) is 4.71. The zero-order valence-electron chi connectivity index (χ0n) is 13.5. The van der Waals surface area contributed by atoms with E-state index < -0.39 is 0 Å². The monoisotopic (exact) mass is 296 g/mol. The van der Waals surface area contributed by atoms with E-state index in [-0.39, 0.29) is 11.9 Å². The number of hydrogen-bond donors (Lipinski definition) is 1. The van der Waals surface area contributed by atoms with Crippen molar-refractivity contribution < 1.29 is 4.79 Å². The normalized spacial score (nSPS) is 12.2. The maximum absolute atomic E-state index is 12.2. The summed E-state index contributed by atoms with van der Waals surface area (Å²) in [5.74, 6) is -0.0105. The Balaban J connectivity index is 1.96. The standard InChI is InChI=1S/C19H24N2O/c1-15-8-7-11-17(12-15)19(22)20-14-18(21(2)3)13-16-9-5-4-6-10-16/h4-12,18H,13-14H2,1-3H3,(H,20,22). The van der Waals surface area contributed by atoms with Crippen LogP contribution in [0, 0.1) is 6.92 Å². The second-order valence-corrected chi connectivity index (χ2v) is 5.89. The average molecular weight is 296 g/mol. The Morgan fingerprint density at radius 3 is 2.45 bits per heavy atom. The van der Waals surface area contributed by atoms with Gasteiger partial charge in [-0.1, -0.05) is 48.0 Å². The first-order valence-corrected chi connectivity index (χ1v) is 7.61. The van der Waals surface area contributed by atoms with Gasteiger partial charge in [0.15, 0.2) is 0 Å². The number of nitrogens with zero attached hydrogens (tertiary/aromatic N) is 1. The molecule has 0 aliphatic heterocycles. The van der Waals surface area contributed by atoms with Gasteiger partial charge in [-0.2, -0.15) is 0 Å². The highest BCUT2D eigenvalue weighted by Crippen LogP contribution is 2.07. The van der Waals surface area contributed by atoms with Gasteiger partial charge in [0.25, 0.3) is 5.91 Å². The van der Waals surface area contributed by atoms with Crippen molar-refractivity contribution in [1.29, 1.82) is 0 Å². The van der Waals surface area contributed by atoms with Crippen LogP contribution in [0.4, 0.5) is 0 Å². The van der Waals surface area contributed by atoms with Crippen LogP contribution >= 0.6 is 0 Å². The quantitative estimate of drug-likeness (QED) is 0.889. The number of hydrogen-bond acceptors (Lipinski definition) is 2. The van der Waals surface area contributed by atoms with E-state index in [1.807, 2.05) is 63.5 Å². The van der Waals surface area contributed by atoms with Gasteiger partial charge in [-0.3, -0.25) is 4.79 Å². The molecule has 0 aliphatic carbocycles. The van der Waals surface area contributed by atoms with Crippen molar-refractivity contribution in [1.82, 2.24) is 10.2 Å². The van der Waals surface area contributed by atoms with Crippen LogP contribution in [0.5, 0.6) is 0 Å². The molecule has 3 nitrogen and oxygen atoms in total. The maximum atomic E-state index is 12.2. The van der Waals surface area contributed by atoms with Gasteiger partial charge in [0.1, 0.15) is 0 Å². The second-order valence-electron chi connectivity index (χ2n) is 5.89. The molecule has 0 fully saturated rings. The van der Waals surface area contributed by atoms with E-state index >= 15 is 0 Å². The summed E-state index contributed by atoms with van der Waals surface area (Å²) in [5.41, 5.74) is 3.10. The van der Waals surface area contributed by atoms with Crippen LogP contribution in [0.3, 0.4) is 0 Å².